The van der Waals surface area contributed by atoms with Crippen molar-refractivity contribution < 1.29 is 9.53 Å². The third kappa shape index (κ3) is 4.11. The molecule has 0 radical (unpaired) electrons. The summed E-state index contributed by atoms with van der Waals surface area (Å²) in [6.07, 6.45) is 1.56. The zero-order chi connectivity index (χ0) is 20.1. The molecule has 140 valence electrons. The van der Waals surface area contributed by atoms with Gasteiger partial charge in [-0.2, -0.15) is 5.26 Å². The minimum Gasteiger partial charge on any atom is -0.465 e. The van der Waals surface area contributed by atoms with Gasteiger partial charge in [0.1, 0.15) is 16.6 Å². The van der Waals surface area contributed by atoms with E-state index in [1.807, 2.05) is 11.4 Å². The minimum absolute atomic E-state index is 0.389. The van der Waals surface area contributed by atoms with Crippen molar-refractivity contribution in [1.29, 1.82) is 5.26 Å². The number of allylic oxidation sites excluding steroid dienone is 1. The van der Waals surface area contributed by atoms with Gasteiger partial charge in [-0.3, -0.25) is 0 Å². The Morgan fingerprint density at radius 3 is 2.71 bits per heavy atom. The molecule has 1 N–H and O–H groups in total. The lowest BCUT2D eigenvalue weighted by Gasteiger charge is -2.07. The van der Waals surface area contributed by atoms with Crippen LogP contribution >= 0.6 is 11.3 Å². The monoisotopic (exact) mass is 389 g/mol. The highest BCUT2D eigenvalue weighted by Gasteiger charge is 2.12. The summed E-state index contributed by atoms with van der Waals surface area (Å²) in [6, 6.07) is 15.3. The van der Waals surface area contributed by atoms with Gasteiger partial charge in [0.15, 0.2) is 0 Å². The number of thiazole rings is 1. The molecule has 0 aliphatic rings. The largest absolute Gasteiger partial charge is 0.465 e. The Hall–Kier alpha value is -3.43. The van der Waals surface area contributed by atoms with E-state index in [2.05, 4.69) is 42.4 Å². The summed E-state index contributed by atoms with van der Waals surface area (Å²) < 4.78 is 4.79. The fourth-order valence-corrected chi connectivity index (χ4v) is 3.41. The molecule has 0 saturated carbocycles. The molecule has 3 rings (SSSR count). The van der Waals surface area contributed by atoms with E-state index in [4.69, 9.17) is 4.74 Å². The maximum absolute atomic E-state index is 11.9. The Balaban J connectivity index is 1.87. The maximum Gasteiger partial charge on any atom is 0.339 e. The first-order chi connectivity index (χ1) is 13.5. The number of nitrogens with zero attached hydrogens (tertiary/aromatic N) is 2. The molecule has 0 aliphatic carbocycles. The van der Waals surface area contributed by atoms with Crippen LogP contribution in [0.5, 0.6) is 0 Å². The van der Waals surface area contributed by atoms with E-state index < -0.39 is 5.97 Å². The van der Waals surface area contributed by atoms with Crippen molar-refractivity contribution in [2.45, 2.75) is 13.8 Å². The van der Waals surface area contributed by atoms with Crippen molar-refractivity contribution in [3.05, 3.63) is 75.7 Å². The minimum atomic E-state index is -0.443. The van der Waals surface area contributed by atoms with E-state index in [1.165, 1.54) is 29.6 Å². The Morgan fingerprint density at radius 1 is 1.21 bits per heavy atom. The number of benzene rings is 2. The Bertz CT molecular complexity index is 1090. The van der Waals surface area contributed by atoms with Gasteiger partial charge in [-0.05, 0) is 43.2 Å². The second kappa shape index (κ2) is 8.51. The number of rotatable bonds is 5. The molecule has 0 spiro atoms. The molecule has 28 heavy (non-hydrogen) atoms. The fourth-order valence-electron chi connectivity index (χ4n) is 2.62. The van der Waals surface area contributed by atoms with Crippen LogP contribution in [-0.4, -0.2) is 18.1 Å². The van der Waals surface area contributed by atoms with Crippen molar-refractivity contribution >= 4 is 28.6 Å². The molecular weight excluding hydrogens is 370 g/mol. The highest BCUT2D eigenvalue weighted by Crippen LogP contribution is 2.27. The number of aromatic nitrogens is 1. The third-order valence-electron chi connectivity index (χ3n) is 4.36. The molecule has 0 bridgehead atoms. The van der Waals surface area contributed by atoms with Crippen LogP contribution in [0.2, 0.25) is 0 Å². The average Bonchev–Trinajstić information content (AvgIpc) is 3.20. The van der Waals surface area contributed by atoms with Crippen molar-refractivity contribution in [2.75, 3.05) is 12.4 Å². The summed E-state index contributed by atoms with van der Waals surface area (Å²) in [5, 5.41) is 15.1. The van der Waals surface area contributed by atoms with Crippen molar-refractivity contribution in [3.8, 4) is 17.3 Å². The van der Waals surface area contributed by atoms with Crippen LogP contribution in [-0.2, 0) is 4.74 Å². The lowest BCUT2D eigenvalue weighted by atomic mass is 10.1. The number of para-hydroxylation sites is 1. The molecule has 0 aliphatic heterocycles. The number of hydrogen-bond acceptors (Lipinski definition) is 6. The number of ether oxygens (including phenoxy) is 1. The van der Waals surface area contributed by atoms with Crippen LogP contribution in [0.15, 0.2) is 54.0 Å². The first kappa shape index (κ1) is 19.3. The van der Waals surface area contributed by atoms with E-state index in [-0.39, 0.29) is 0 Å². The lowest BCUT2D eigenvalue weighted by Crippen LogP contribution is -2.05. The van der Waals surface area contributed by atoms with Gasteiger partial charge in [-0.15, -0.1) is 11.3 Å². The molecular formula is C22H19N3O2S. The fraction of sp³-hybridized carbons (Fsp3) is 0.136. The standard InChI is InChI=1S/C22H19N3O2S/c1-14-8-9-16(10-15(14)2)20-13-28-21(25-20)17(11-23)12-24-19-7-5-4-6-18(19)22(26)27-3/h4-10,12-13,24H,1-3H3/b17-12+. The summed E-state index contributed by atoms with van der Waals surface area (Å²) in [6.45, 7) is 4.13. The molecule has 3 aromatic rings. The van der Waals surface area contributed by atoms with E-state index in [9.17, 15) is 10.1 Å². The number of hydrogen-bond donors (Lipinski definition) is 1. The topological polar surface area (TPSA) is 75.0 Å². The summed E-state index contributed by atoms with van der Waals surface area (Å²) in [5.41, 5.74) is 5.63. The molecule has 1 heterocycles. The van der Waals surface area contributed by atoms with E-state index in [1.54, 1.807) is 30.5 Å². The Morgan fingerprint density at radius 2 is 2.00 bits per heavy atom. The molecule has 1 aromatic heterocycles. The number of aryl methyl sites for hydroxylation is 2. The number of esters is 1. The SMILES string of the molecule is COC(=O)c1ccccc1N/C=C(\C#N)c1nc(-c2ccc(C)c(C)c2)cs1. The second-order valence-electron chi connectivity index (χ2n) is 6.19. The lowest BCUT2D eigenvalue weighted by molar-refractivity contribution is 0.0602. The van der Waals surface area contributed by atoms with Gasteiger partial charge >= 0.3 is 5.97 Å². The molecule has 6 heteroatoms. The van der Waals surface area contributed by atoms with Gasteiger partial charge in [0.05, 0.1) is 24.1 Å². The van der Waals surface area contributed by atoms with Crippen molar-refractivity contribution in [1.82, 2.24) is 4.98 Å². The van der Waals surface area contributed by atoms with E-state index in [0.29, 0.717) is 21.8 Å². The predicted octanol–water partition coefficient (Wildman–Crippen LogP) is 5.19. The average molecular weight is 389 g/mol. The molecule has 2 aromatic carbocycles. The quantitative estimate of drug-likeness (QED) is 0.480. The highest BCUT2D eigenvalue weighted by molar-refractivity contribution is 7.11. The van der Waals surface area contributed by atoms with Crippen LogP contribution in [0.4, 0.5) is 5.69 Å². The van der Waals surface area contributed by atoms with Crippen LogP contribution in [0, 0.1) is 25.2 Å². The zero-order valence-corrected chi connectivity index (χ0v) is 16.6. The van der Waals surface area contributed by atoms with E-state index in [0.717, 1.165) is 11.3 Å². The molecule has 0 saturated heterocycles. The van der Waals surface area contributed by atoms with Crippen LogP contribution in [0.3, 0.4) is 0 Å². The first-order valence-corrected chi connectivity index (χ1v) is 9.49. The second-order valence-corrected chi connectivity index (χ2v) is 7.05. The smallest absolute Gasteiger partial charge is 0.339 e. The van der Waals surface area contributed by atoms with Gasteiger partial charge in [0.2, 0.25) is 0 Å². The molecule has 5 nitrogen and oxygen atoms in total. The van der Waals surface area contributed by atoms with Gasteiger partial charge in [0, 0.05) is 17.1 Å². The number of methoxy groups -OCH3 is 1. The summed E-state index contributed by atoms with van der Waals surface area (Å²) in [7, 11) is 1.33. The Kier molecular flexibility index (Phi) is 5.87. The maximum atomic E-state index is 11.9. The Labute approximate surface area is 167 Å². The third-order valence-corrected chi connectivity index (χ3v) is 5.24. The van der Waals surface area contributed by atoms with Crippen LogP contribution < -0.4 is 5.32 Å². The van der Waals surface area contributed by atoms with Crippen LogP contribution in [0.1, 0.15) is 26.5 Å². The van der Waals surface area contributed by atoms with Crippen molar-refractivity contribution in [2.24, 2.45) is 0 Å². The number of nitriles is 1. The summed E-state index contributed by atoms with van der Waals surface area (Å²) in [5.74, 6) is -0.443. The van der Waals surface area contributed by atoms with Gasteiger partial charge in [0.25, 0.3) is 0 Å². The number of carbonyl (C=O) groups is 1. The normalized spacial score (nSPS) is 11.0. The van der Waals surface area contributed by atoms with Crippen LogP contribution in [0.25, 0.3) is 16.8 Å². The zero-order valence-electron chi connectivity index (χ0n) is 15.8. The molecule has 0 fully saturated rings. The number of carbonyl (C=O) groups excluding carboxylic acids is 1. The van der Waals surface area contributed by atoms with Gasteiger partial charge < -0.3 is 10.1 Å². The molecule has 0 unspecified atom stereocenters. The molecule has 0 amide bonds. The van der Waals surface area contributed by atoms with Gasteiger partial charge in [-0.1, -0.05) is 24.3 Å². The summed E-state index contributed by atoms with van der Waals surface area (Å²) >= 11 is 1.40. The first-order valence-electron chi connectivity index (χ1n) is 8.61. The summed E-state index contributed by atoms with van der Waals surface area (Å²) in [4.78, 5) is 16.5. The highest BCUT2D eigenvalue weighted by atomic mass is 32.1. The number of nitrogens with one attached hydrogen (secondary N) is 1. The number of anilines is 1. The molecule has 0 atom stereocenters. The van der Waals surface area contributed by atoms with Crippen molar-refractivity contribution in [3.63, 3.8) is 0 Å². The van der Waals surface area contributed by atoms with E-state index >= 15 is 0 Å². The van der Waals surface area contributed by atoms with Gasteiger partial charge in [-0.25, -0.2) is 9.78 Å². The predicted molar refractivity (Wildman–Crippen MR) is 112 cm³/mol.